The molecule has 0 saturated carbocycles. The Hall–Kier alpha value is -1.79. The molecule has 1 unspecified atom stereocenters. The third-order valence-corrected chi connectivity index (χ3v) is 4.57. The quantitative estimate of drug-likeness (QED) is 0.887. The predicted molar refractivity (Wildman–Crippen MR) is 87.9 cm³/mol. The van der Waals surface area contributed by atoms with Crippen molar-refractivity contribution in [1.29, 1.82) is 0 Å². The largest absolute Gasteiger partial charge is 0.370 e. The summed E-state index contributed by atoms with van der Waals surface area (Å²) in [5.41, 5.74) is 1.99. The van der Waals surface area contributed by atoms with E-state index in [0.29, 0.717) is 5.92 Å². The lowest BCUT2D eigenvalue weighted by molar-refractivity contribution is 0.0798. The topological polar surface area (TPSA) is 64.9 Å². The van der Waals surface area contributed by atoms with Gasteiger partial charge < -0.3 is 14.6 Å². The molecule has 6 nitrogen and oxygen atoms in total. The first kappa shape index (κ1) is 16.1. The van der Waals surface area contributed by atoms with Crippen LogP contribution in [0.2, 0.25) is 0 Å². The lowest BCUT2D eigenvalue weighted by atomic mass is 10.00. The third kappa shape index (κ3) is 3.43. The molecule has 23 heavy (non-hydrogen) atoms. The van der Waals surface area contributed by atoms with Crippen molar-refractivity contribution in [3.8, 4) is 0 Å². The highest BCUT2D eigenvalue weighted by Crippen LogP contribution is 2.33. The zero-order valence-corrected chi connectivity index (χ0v) is 14.1. The minimum Gasteiger partial charge on any atom is -0.370 e. The van der Waals surface area contributed by atoms with Gasteiger partial charge in [-0.1, -0.05) is 0 Å². The highest BCUT2D eigenvalue weighted by Gasteiger charge is 2.32. The SMILES string of the molecule is CCn1ccnc1[C@@H]1OCC[C@H]1CNC(C)c1nccnc1C. The molecule has 1 aliphatic rings. The van der Waals surface area contributed by atoms with Gasteiger partial charge in [-0.25, -0.2) is 4.98 Å². The molecule has 3 heterocycles. The molecule has 0 amide bonds. The Labute approximate surface area is 137 Å². The van der Waals surface area contributed by atoms with Gasteiger partial charge in [-0.15, -0.1) is 0 Å². The predicted octanol–water partition coefficient (Wildman–Crippen LogP) is 2.43. The van der Waals surface area contributed by atoms with Crippen molar-refractivity contribution in [3.05, 3.63) is 42.0 Å². The summed E-state index contributed by atoms with van der Waals surface area (Å²) in [7, 11) is 0. The van der Waals surface area contributed by atoms with Gasteiger partial charge >= 0.3 is 0 Å². The maximum absolute atomic E-state index is 5.96. The summed E-state index contributed by atoms with van der Waals surface area (Å²) in [5.74, 6) is 1.47. The summed E-state index contributed by atoms with van der Waals surface area (Å²) in [5, 5.41) is 3.59. The van der Waals surface area contributed by atoms with Crippen LogP contribution in [0.25, 0.3) is 0 Å². The molecule has 1 N–H and O–H groups in total. The molecule has 0 aliphatic carbocycles. The molecule has 2 aromatic heterocycles. The van der Waals surface area contributed by atoms with Gasteiger partial charge in [-0.3, -0.25) is 9.97 Å². The van der Waals surface area contributed by atoms with E-state index in [1.807, 2.05) is 19.3 Å². The van der Waals surface area contributed by atoms with Crippen LogP contribution in [0.3, 0.4) is 0 Å². The third-order valence-electron chi connectivity index (χ3n) is 4.57. The molecule has 0 radical (unpaired) electrons. The van der Waals surface area contributed by atoms with Crippen LogP contribution in [0.1, 0.15) is 49.6 Å². The second kappa shape index (κ2) is 7.19. The van der Waals surface area contributed by atoms with Crippen molar-refractivity contribution in [2.75, 3.05) is 13.2 Å². The van der Waals surface area contributed by atoms with E-state index in [1.54, 1.807) is 12.4 Å². The second-order valence-electron chi connectivity index (χ2n) is 6.07. The number of hydrogen-bond donors (Lipinski definition) is 1. The van der Waals surface area contributed by atoms with E-state index in [0.717, 1.165) is 43.3 Å². The van der Waals surface area contributed by atoms with E-state index < -0.39 is 0 Å². The Morgan fingerprint density at radius 1 is 1.30 bits per heavy atom. The zero-order chi connectivity index (χ0) is 16.2. The molecule has 0 spiro atoms. The van der Waals surface area contributed by atoms with E-state index in [9.17, 15) is 0 Å². The summed E-state index contributed by atoms with van der Waals surface area (Å²) < 4.78 is 8.13. The van der Waals surface area contributed by atoms with Gasteiger partial charge in [-0.05, 0) is 27.2 Å². The molecule has 6 heteroatoms. The van der Waals surface area contributed by atoms with Gasteiger partial charge in [0.1, 0.15) is 11.9 Å². The number of nitrogens with zero attached hydrogens (tertiary/aromatic N) is 4. The standard InChI is InChI=1S/C17H25N5O/c1-4-22-9-8-20-17(22)16-14(5-10-23-16)11-21-13(3)15-12(2)18-6-7-19-15/h6-9,13-14,16,21H,4-5,10-11H2,1-3H3/t13?,14-,16+/m0/s1. The molecule has 2 aromatic rings. The lowest BCUT2D eigenvalue weighted by Gasteiger charge is -2.22. The zero-order valence-electron chi connectivity index (χ0n) is 14.1. The van der Waals surface area contributed by atoms with Crippen LogP contribution in [0.15, 0.2) is 24.8 Å². The van der Waals surface area contributed by atoms with Crippen LogP contribution in [-0.4, -0.2) is 32.7 Å². The summed E-state index contributed by atoms with van der Waals surface area (Å²) in [4.78, 5) is 13.3. The first-order chi connectivity index (χ1) is 11.2. The van der Waals surface area contributed by atoms with E-state index in [2.05, 4.69) is 38.7 Å². The highest BCUT2D eigenvalue weighted by atomic mass is 16.5. The van der Waals surface area contributed by atoms with Crippen molar-refractivity contribution in [1.82, 2.24) is 24.8 Å². The molecular formula is C17H25N5O. The van der Waals surface area contributed by atoms with Crippen molar-refractivity contribution in [3.63, 3.8) is 0 Å². The molecule has 1 aliphatic heterocycles. The minimum atomic E-state index is 0.0765. The molecule has 1 fully saturated rings. The molecule has 3 rings (SSSR count). The van der Waals surface area contributed by atoms with Gasteiger partial charge in [0.25, 0.3) is 0 Å². The van der Waals surface area contributed by atoms with Crippen LogP contribution in [0.5, 0.6) is 0 Å². The van der Waals surface area contributed by atoms with Crippen LogP contribution >= 0.6 is 0 Å². The Kier molecular flexibility index (Phi) is 5.03. The molecule has 0 aromatic carbocycles. The van der Waals surface area contributed by atoms with Crippen LogP contribution in [-0.2, 0) is 11.3 Å². The number of aromatic nitrogens is 4. The number of rotatable bonds is 6. The van der Waals surface area contributed by atoms with Crippen LogP contribution in [0.4, 0.5) is 0 Å². The number of imidazole rings is 1. The average Bonchev–Trinajstić information content (AvgIpc) is 3.21. The van der Waals surface area contributed by atoms with Gasteiger partial charge in [0.15, 0.2) is 0 Å². The molecule has 124 valence electrons. The van der Waals surface area contributed by atoms with Gasteiger partial charge in [-0.2, -0.15) is 0 Å². The normalized spacial score (nSPS) is 22.4. The second-order valence-corrected chi connectivity index (χ2v) is 6.07. The maximum atomic E-state index is 5.96. The monoisotopic (exact) mass is 315 g/mol. The molecule has 3 atom stereocenters. The van der Waals surface area contributed by atoms with Crippen molar-refractivity contribution in [2.24, 2.45) is 5.92 Å². The van der Waals surface area contributed by atoms with Crippen LogP contribution < -0.4 is 5.32 Å². The number of ether oxygens (including phenoxy) is 1. The van der Waals surface area contributed by atoms with Crippen molar-refractivity contribution in [2.45, 2.75) is 45.9 Å². The smallest absolute Gasteiger partial charge is 0.138 e. The fourth-order valence-electron chi connectivity index (χ4n) is 3.24. The first-order valence-electron chi connectivity index (χ1n) is 8.34. The highest BCUT2D eigenvalue weighted by molar-refractivity contribution is 5.12. The summed E-state index contributed by atoms with van der Waals surface area (Å²) >= 11 is 0. The Morgan fingerprint density at radius 3 is 2.91 bits per heavy atom. The van der Waals surface area contributed by atoms with E-state index in [1.165, 1.54) is 0 Å². The number of hydrogen-bond acceptors (Lipinski definition) is 5. The summed E-state index contributed by atoms with van der Waals surface area (Å²) in [6.07, 6.45) is 8.49. The number of nitrogens with one attached hydrogen (secondary N) is 1. The first-order valence-corrected chi connectivity index (χ1v) is 8.34. The van der Waals surface area contributed by atoms with E-state index in [-0.39, 0.29) is 12.1 Å². The van der Waals surface area contributed by atoms with E-state index in [4.69, 9.17) is 4.74 Å². The van der Waals surface area contributed by atoms with Crippen LogP contribution in [0, 0.1) is 12.8 Å². The summed E-state index contributed by atoms with van der Waals surface area (Å²) in [6, 6.07) is 0.177. The fraction of sp³-hybridized carbons (Fsp3) is 0.588. The van der Waals surface area contributed by atoms with Crippen molar-refractivity contribution >= 4 is 0 Å². The van der Waals surface area contributed by atoms with Gasteiger partial charge in [0, 0.05) is 56.4 Å². The minimum absolute atomic E-state index is 0.0765. The fourth-order valence-corrected chi connectivity index (χ4v) is 3.24. The summed E-state index contributed by atoms with van der Waals surface area (Å²) in [6.45, 7) is 8.87. The number of aryl methyl sites for hydroxylation is 2. The molecular weight excluding hydrogens is 290 g/mol. The maximum Gasteiger partial charge on any atom is 0.138 e. The average molecular weight is 315 g/mol. The van der Waals surface area contributed by atoms with Crippen molar-refractivity contribution < 1.29 is 4.74 Å². The molecule has 0 bridgehead atoms. The Balaban J connectivity index is 1.64. The Morgan fingerprint density at radius 2 is 2.13 bits per heavy atom. The lowest BCUT2D eigenvalue weighted by Crippen LogP contribution is -2.29. The molecule has 1 saturated heterocycles. The Bertz CT molecular complexity index is 641. The van der Waals surface area contributed by atoms with Gasteiger partial charge in [0.2, 0.25) is 0 Å². The van der Waals surface area contributed by atoms with Gasteiger partial charge in [0.05, 0.1) is 11.4 Å². The van der Waals surface area contributed by atoms with E-state index >= 15 is 0 Å².